The van der Waals surface area contributed by atoms with E-state index < -0.39 is 11.8 Å². The van der Waals surface area contributed by atoms with Crippen molar-refractivity contribution in [2.45, 2.75) is 52.8 Å². The number of rotatable bonds is 4. The fraction of sp³-hybridized carbons (Fsp3) is 0.600. The van der Waals surface area contributed by atoms with Crippen molar-refractivity contribution in [3.63, 3.8) is 0 Å². The van der Waals surface area contributed by atoms with Crippen LogP contribution in [0.1, 0.15) is 42.5 Å². The van der Waals surface area contributed by atoms with Gasteiger partial charge in [0.05, 0.1) is 6.61 Å². The van der Waals surface area contributed by atoms with Gasteiger partial charge in [0.25, 0.3) is 0 Å². The number of hydrogen-bond acceptors (Lipinski definition) is 2. The summed E-state index contributed by atoms with van der Waals surface area (Å²) in [4.78, 5) is 0. The molecule has 2 nitrogen and oxygen atoms in total. The summed E-state index contributed by atoms with van der Waals surface area (Å²) in [6.45, 7) is 8.09. The van der Waals surface area contributed by atoms with Gasteiger partial charge >= 0.3 is 6.18 Å². The summed E-state index contributed by atoms with van der Waals surface area (Å²) >= 11 is 0. The molecule has 1 aromatic rings. The molecule has 5 heteroatoms. The quantitative estimate of drug-likeness (QED) is 0.901. The zero-order chi connectivity index (χ0) is 15.7. The second-order valence-corrected chi connectivity index (χ2v) is 5.24. The Morgan fingerprint density at radius 3 is 2.15 bits per heavy atom. The number of hydrogen-bond donors (Lipinski definition) is 1. The van der Waals surface area contributed by atoms with Crippen LogP contribution in [0.3, 0.4) is 0 Å². The Morgan fingerprint density at radius 1 is 1.15 bits per heavy atom. The van der Waals surface area contributed by atoms with Crippen molar-refractivity contribution in [3.8, 4) is 5.75 Å². The molecule has 0 aliphatic rings. The van der Waals surface area contributed by atoms with Gasteiger partial charge in [0.1, 0.15) is 5.75 Å². The zero-order valence-corrected chi connectivity index (χ0v) is 12.5. The molecule has 1 aromatic carbocycles. The molecule has 0 fully saturated rings. The molecular weight excluding hydrogens is 269 g/mol. The maximum absolute atomic E-state index is 13.0. The number of aliphatic hydroxyl groups is 1. The highest BCUT2D eigenvalue weighted by Crippen LogP contribution is 2.43. The normalized spacial score (nSPS) is 15.1. The fourth-order valence-corrected chi connectivity index (χ4v) is 2.30. The summed E-state index contributed by atoms with van der Waals surface area (Å²) in [5.41, 5.74) is -1.54. The second kappa shape index (κ2) is 5.64. The zero-order valence-electron chi connectivity index (χ0n) is 12.5. The van der Waals surface area contributed by atoms with E-state index in [-0.39, 0.29) is 5.56 Å². The van der Waals surface area contributed by atoms with Crippen molar-refractivity contribution < 1.29 is 23.0 Å². The van der Waals surface area contributed by atoms with Gasteiger partial charge in [-0.15, -0.1) is 0 Å². The molecule has 114 valence electrons. The highest BCUT2D eigenvalue weighted by Gasteiger charge is 2.52. The molecule has 0 aliphatic heterocycles. The molecule has 20 heavy (non-hydrogen) atoms. The molecule has 1 N–H and O–H groups in total. The summed E-state index contributed by atoms with van der Waals surface area (Å²) < 4.78 is 44.6. The Labute approximate surface area is 117 Å². The summed E-state index contributed by atoms with van der Waals surface area (Å²) in [5, 5.41) is 9.91. The number of halogens is 3. The predicted octanol–water partition coefficient (Wildman–Crippen LogP) is 4.17. The summed E-state index contributed by atoms with van der Waals surface area (Å²) in [7, 11) is 0. The van der Waals surface area contributed by atoms with Crippen LogP contribution in [0.5, 0.6) is 5.75 Å². The highest BCUT2D eigenvalue weighted by atomic mass is 19.4. The van der Waals surface area contributed by atoms with Gasteiger partial charge in [-0.3, -0.25) is 0 Å². The van der Waals surface area contributed by atoms with Crippen molar-refractivity contribution in [2.24, 2.45) is 0 Å². The van der Waals surface area contributed by atoms with Gasteiger partial charge < -0.3 is 9.84 Å². The van der Waals surface area contributed by atoms with Crippen LogP contribution in [-0.4, -0.2) is 17.9 Å². The van der Waals surface area contributed by atoms with Crippen LogP contribution in [0.15, 0.2) is 6.07 Å². The minimum atomic E-state index is -4.72. The smallest absolute Gasteiger partial charge is 0.421 e. The molecule has 1 atom stereocenters. The van der Waals surface area contributed by atoms with Gasteiger partial charge in [-0.1, -0.05) is 6.92 Å². The maximum Gasteiger partial charge on any atom is 0.421 e. The van der Waals surface area contributed by atoms with Crippen LogP contribution in [0.4, 0.5) is 13.2 Å². The van der Waals surface area contributed by atoms with Gasteiger partial charge in [0.2, 0.25) is 0 Å². The molecule has 1 rings (SSSR count). The van der Waals surface area contributed by atoms with Gasteiger partial charge in [0, 0.05) is 0 Å². The third-order valence-corrected chi connectivity index (χ3v) is 3.55. The summed E-state index contributed by atoms with van der Waals surface area (Å²) in [5.74, 6) is 0.573. The molecule has 0 saturated heterocycles. The van der Waals surface area contributed by atoms with Gasteiger partial charge in [-0.2, -0.15) is 13.2 Å². The lowest BCUT2D eigenvalue weighted by molar-refractivity contribution is -0.259. The predicted molar refractivity (Wildman–Crippen MR) is 72.1 cm³/mol. The Bertz CT molecular complexity index is 491. The van der Waals surface area contributed by atoms with Crippen molar-refractivity contribution in [1.82, 2.24) is 0 Å². The van der Waals surface area contributed by atoms with E-state index in [1.807, 2.05) is 6.92 Å². The van der Waals surface area contributed by atoms with E-state index in [4.69, 9.17) is 4.74 Å². The van der Waals surface area contributed by atoms with Crippen molar-refractivity contribution in [1.29, 1.82) is 0 Å². The third-order valence-electron chi connectivity index (χ3n) is 3.55. The van der Waals surface area contributed by atoms with Gasteiger partial charge in [0.15, 0.2) is 5.60 Å². The summed E-state index contributed by atoms with van der Waals surface area (Å²) in [6.07, 6.45) is -3.90. The molecule has 0 spiro atoms. The summed E-state index contributed by atoms with van der Waals surface area (Å²) in [6, 6.07) is 1.56. The molecule has 0 aliphatic carbocycles. The van der Waals surface area contributed by atoms with E-state index in [2.05, 4.69) is 0 Å². The molecule has 0 aromatic heterocycles. The molecule has 0 bridgehead atoms. The van der Waals surface area contributed by atoms with E-state index in [9.17, 15) is 18.3 Å². The second-order valence-electron chi connectivity index (χ2n) is 5.24. The molecule has 0 amide bonds. The van der Waals surface area contributed by atoms with E-state index in [0.29, 0.717) is 29.0 Å². The average molecular weight is 290 g/mol. The standard InChI is InChI=1S/C15H21F3O2/c1-6-7-20-12-8-9(2)13(11(4)10(12)3)14(5,19)15(16,17)18/h8,19H,6-7H2,1-5H3. The van der Waals surface area contributed by atoms with E-state index in [1.54, 1.807) is 26.8 Å². The largest absolute Gasteiger partial charge is 0.493 e. The SMILES string of the molecule is CCCOc1cc(C)c(C(C)(O)C(F)(F)F)c(C)c1C. The van der Waals surface area contributed by atoms with E-state index in [0.717, 1.165) is 13.3 Å². The first-order valence-corrected chi connectivity index (χ1v) is 6.57. The van der Waals surface area contributed by atoms with Crippen molar-refractivity contribution >= 4 is 0 Å². The first kappa shape index (κ1) is 16.8. The monoisotopic (exact) mass is 290 g/mol. The van der Waals surface area contributed by atoms with E-state index in [1.165, 1.54) is 0 Å². The van der Waals surface area contributed by atoms with Crippen molar-refractivity contribution in [3.05, 3.63) is 28.3 Å². The van der Waals surface area contributed by atoms with Crippen LogP contribution in [0.2, 0.25) is 0 Å². The molecule has 0 saturated carbocycles. The van der Waals surface area contributed by atoms with Crippen LogP contribution >= 0.6 is 0 Å². The lowest BCUT2D eigenvalue weighted by Crippen LogP contribution is -2.40. The van der Waals surface area contributed by atoms with E-state index >= 15 is 0 Å². The molecule has 1 unspecified atom stereocenters. The Kier molecular flexibility index (Phi) is 4.74. The Morgan fingerprint density at radius 2 is 1.70 bits per heavy atom. The minimum Gasteiger partial charge on any atom is -0.493 e. The number of benzene rings is 1. The number of alkyl halides is 3. The molecule has 0 radical (unpaired) electrons. The highest BCUT2D eigenvalue weighted by molar-refractivity contribution is 5.50. The first-order chi connectivity index (χ1) is 9.04. The van der Waals surface area contributed by atoms with Gasteiger partial charge in [-0.05, 0) is 62.4 Å². The van der Waals surface area contributed by atoms with Crippen LogP contribution in [-0.2, 0) is 5.60 Å². The lowest BCUT2D eigenvalue weighted by Gasteiger charge is -2.31. The van der Waals surface area contributed by atoms with Crippen LogP contribution in [0, 0.1) is 20.8 Å². The fourth-order valence-electron chi connectivity index (χ4n) is 2.30. The van der Waals surface area contributed by atoms with Gasteiger partial charge in [-0.25, -0.2) is 0 Å². The Hall–Kier alpha value is -1.23. The lowest BCUT2D eigenvalue weighted by atomic mass is 9.85. The Balaban J connectivity index is 3.41. The minimum absolute atomic E-state index is 0.0913. The first-order valence-electron chi connectivity index (χ1n) is 6.57. The van der Waals surface area contributed by atoms with Crippen LogP contribution in [0.25, 0.3) is 0 Å². The van der Waals surface area contributed by atoms with Crippen molar-refractivity contribution in [2.75, 3.05) is 6.61 Å². The average Bonchev–Trinajstić information content (AvgIpc) is 2.30. The number of ether oxygens (including phenoxy) is 1. The molecule has 0 heterocycles. The maximum atomic E-state index is 13.0. The molecular formula is C15H21F3O2. The third kappa shape index (κ3) is 2.92. The topological polar surface area (TPSA) is 29.5 Å². The van der Waals surface area contributed by atoms with Crippen LogP contribution < -0.4 is 4.74 Å². The number of aryl methyl sites for hydroxylation is 1.